The van der Waals surface area contributed by atoms with Crippen LogP contribution in [-0.2, 0) is 13.0 Å². The molecule has 0 saturated heterocycles. The molecule has 3 aromatic rings. The van der Waals surface area contributed by atoms with Gasteiger partial charge in [0.1, 0.15) is 18.9 Å². The van der Waals surface area contributed by atoms with E-state index in [0.717, 1.165) is 23.0 Å². The second-order valence-electron chi connectivity index (χ2n) is 6.79. The fourth-order valence-electron chi connectivity index (χ4n) is 3.15. The van der Waals surface area contributed by atoms with Crippen molar-refractivity contribution in [3.8, 4) is 23.1 Å². The van der Waals surface area contributed by atoms with Gasteiger partial charge in [0.2, 0.25) is 0 Å². The number of hydrogen-bond donors (Lipinski definition) is 1. The molecule has 1 N–H and O–H groups in total. The van der Waals surface area contributed by atoms with Crippen molar-refractivity contribution in [3.63, 3.8) is 0 Å². The Balaban J connectivity index is 0.00000272. The first-order chi connectivity index (χ1) is 14.7. The van der Waals surface area contributed by atoms with Crippen LogP contribution >= 0.6 is 24.0 Å². The van der Waals surface area contributed by atoms with Crippen molar-refractivity contribution in [3.05, 3.63) is 54.0 Å². The Labute approximate surface area is 197 Å². The SMILES string of the molecule is CN=C(NCCc1noc(-c2ccccn2)n1)N(C)Cc1ccc2c(c1)OCCO2.I. The van der Waals surface area contributed by atoms with E-state index in [0.29, 0.717) is 50.1 Å². The van der Waals surface area contributed by atoms with Crippen LogP contribution < -0.4 is 14.8 Å². The van der Waals surface area contributed by atoms with E-state index in [1.807, 2.05) is 48.3 Å². The monoisotopic (exact) mass is 536 g/mol. The van der Waals surface area contributed by atoms with Gasteiger partial charge in [-0.05, 0) is 29.8 Å². The molecule has 164 valence electrons. The first-order valence-electron chi connectivity index (χ1n) is 9.77. The number of halogens is 1. The number of nitrogens with one attached hydrogen (secondary N) is 1. The van der Waals surface area contributed by atoms with Crippen LogP contribution in [0.25, 0.3) is 11.6 Å². The molecule has 0 amide bonds. The molecule has 1 aromatic carbocycles. The summed E-state index contributed by atoms with van der Waals surface area (Å²) in [4.78, 5) is 15.0. The first-order valence-corrected chi connectivity index (χ1v) is 9.77. The molecule has 0 aliphatic carbocycles. The standard InChI is InChI=1S/C21H24N6O3.HI/c1-22-21(27(2)14-15-6-7-17-18(13-15)29-12-11-28-17)24-10-8-19-25-20(30-26-19)16-5-3-4-9-23-16;/h3-7,9,13H,8,10-12,14H2,1-2H3,(H,22,24);1H. The van der Waals surface area contributed by atoms with Gasteiger partial charge in [-0.2, -0.15) is 4.98 Å². The van der Waals surface area contributed by atoms with E-state index in [2.05, 4.69) is 25.4 Å². The summed E-state index contributed by atoms with van der Waals surface area (Å²) in [7, 11) is 3.75. The third-order valence-electron chi connectivity index (χ3n) is 4.58. The molecule has 9 nitrogen and oxygen atoms in total. The summed E-state index contributed by atoms with van der Waals surface area (Å²) in [5, 5.41) is 7.36. The predicted octanol–water partition coefficient (Wildman–Crippen LogP) is 2.77. The van der Waals surface area contributed by atoms with Crippen molar-refractivity contribution in [1.82, 2.24) is 25.3 Å². The average molecular weight is 536 g/mol. The molecule has 3 heterocycles. The molecule has 0 bridgehead atoms. The van der Waals surface area contributed by atoms with Crippen molar-refractivity contribution in [2.75, 3.05) is 33.9 Å². The molecule has 1 aliphatic rings. The van der Waals surface area contributed by atoms with Gasteiger partial charge in [0.05, 0.1) is 0 Å². The number of hydrogen-bond acceptors (Lipinski definition) is 7. The molecule has 10 heteroatoms. The summed E-state index contributed by atoms with van der Waals surface area (Å²) >= 11 is 0. The van der Waals surface area contributed by atoms with Gasteiger partial charge in [-0.1, -0.05) is 17.3 Å². The second kappa shape index (κ2) is 10.9. The zero-order valence-corrected chi connectivity index (χ0v) is 19.8. The smallest absolute Gasteiger partial charge is 0.276 e. The van der Waals surface area contributed by atoms with Crippen LogP contribution in [0.2, 0.25) is 0 Å². The zero-order chi connectivity index (χ0) is 20.8. The number of ether oxygens (including phenoxy) is 2. The van der Waals surface area contributed by atoms with Gasteiger partial charge in [0.15, 0.2) is 23.3 Å². The summed E-state index contributed by atoms with van der Waals surface area (Å²) in [5.74, 6) is 3.40. The maximum absolute atomic E-state index is 5.66. The quantitative estimate of drug-likeness (QED) is 0.292. The van der Waals surface area contributed by atoms with Crippen LogP contribution in [0.4, 0.5) is 0 Å². The average Bonchev–Trinajstić information content (AvgIpc) is 3.26. The fourth-order valence-corrected chi connectivity index (χ4v) is 3.15. The lowest BCUT2D eigenvalue weighted by atomic mass is 10.2. The van der Waals surface area contributed by atoms with Gasteiger partial charge in [-0.15, -0.1) is 24.0 Å². The maximum atomic E-state index is 5.66. The lowest BCUT2D eigenvalue weighted by Crippen LogP contribution is -2.39. The van der Waals surface area contributed by atoms with Gasteiger partial charge in [-0.25, -0.2) is 0 Å². The minimum atomic E-state index is 0. The van der Waals surface area contributed by atoms with Gasteiger partial charge >= 0.3 is 0 Å². The minimum absolute atomic E-state index is 0. The lowest BCUT2D eigenvalue weighted by molar-refractivity contribution is 0.171. The fraction of sp³-hybridized carbons (Fsp3) is 0.333. The first kappa shape index (κ1) is 22.8. The summed E-state index contributed by atoms with van der Waals surface area (Å²) in [5.41, 5.74) is 1.78. The highest BCUT2D eigenvalue weighted by Gasteiger charge is 2.14. The zero-order valence-electron chi connectivity index (χ0n) is 17.4. The normalized spacial score (nSPS) is 12.8. The summed E-state index contributed by atoms with van der Waals surface area (Å²) in [6.07, 6.45) is 2.30. The predicted molar refractivity (Wildman–Crippen MR) is 127 cm³/mol. The number of rotatable bonds is 6. The van der Waals surface area contributed by atoms with Crippen molar-refractivity contribution in [2.24, 2.45) is 4.99 Å². The molecular formula is C21H25IN6O3. The molecule has 4 rings (SSSR count). The lowest BCUT2D eigenvalue weighted by Gasteiger charge is -2.23. The largest absolute Gasteiger partial charge is 0.486 e. The summed E-state index contributed by atoms with van der Waals surface area (Å²) in [6.45, 7) is 2.47. The van der Waals surface area contributed by atoms with Crippen molar-refractivity contribution in [2.45, 2.75) is 13.0 Å². The van der Waals surface area contributed by atoms with Gasteiger partial charge < -0.3 is 24.2 Å². The Hall–Kier alpha value is -2.89. The van der Waals surface area contributed by atoms with E-state index in [4.69, 9.17) is 14.0 Å². The second-order valence-corrected chi connectivity index (χ2v) is 6.79. The van der Waals surface area contributed by atoms with Gasteiger partial charge in [-0.3, -0.25) is 9.98 Å². The van der Waals surface area contributed by atoms with Crippen LogP contribution in [0.1, 0.15) is 11.4 Å². The van der Waals surface area contributed by atoms with E-state index >= 15 is 0 Å². The number of fused-ring (bicyclic) bond motifs is 1. The number of nitrogens with zero attached hydrogens (tertiary/aromatic N) is 5. The molecule has 0 saturated carbocycles. The van der Waals surface area contributed by atoms with E-state index in [1.165, 1.54) is 0 Å². The Morgan fingerprint density at radius 3 is 2.77 bits per heavy atom. The molecule has 1 aliphatic heterocycles. The van der Waals surface area contributed by atoms with Crippen molar-refractivity contribution >= 4 is 29.9 Å². The van der Waals surface area contributed by atoms with Crippen molar-refractivity contribution < 1.29 is 14.0 Å². The molecule has 0 radical (unpaired) electrons. The molecule has 0 unspecified atom stereocenters. The molecule has 2 aromatic heterocycles. The van der Waals surface area contributed by atoms with E-state index in [-0.39, 0.29) is 24.0 Å². The topological polar surface area (TPSA) is 97.9 Å². The number of aromatic nitrogens is 3. The Morgan fingerprint density at radius 1 is 1.16 bits per heavy atom. The number of aliphatic imine (C=N–C) groups is 1. The van der Waals surface area contributed by atoms with Gasteiger partial charge in [0.25, 0.3) is 5.89 Å². The number of benzene rings is 1. The molecule has 0 spiro atoms. The molecule has 0 atom stereocenters. The van der Waals surface area contributed by atoms with Crippen LogP contribution in [0.15, 0.2) is 52.1 Å². The van der Waals surface area contributed by atoms with E-state index < -0.39 is 0 Å². The summed E-state index contributed by atoms with van der Waals surface area (Å²) < 4.78 is 16.5. The minimum Gasteiger partial charge on any atom is -0.486 e. The van der Waals surface area contributed by atoms with Crippen molar-refractivity contribution in [1.29, 1.82) is 0 Å². The van der Waals surface area contributed by atoms with E-state index in [1.54, 1.807) is 13.2 Å². The van der Waals surface area contributed by atoms with Crippen LogP contribution in [-0.4, -0.2) is 59.8 Å². The third kappa shape index (κ3) is 5.84. The maximum Gasteiger partial charge on any atom is 0.276 e. The van der Waals surface area contributed by atoms with Crippen LogP contribution in [0, 0.1) is 0 Å². The highest BCUT2D eigenvalue weighted by molar-refractivity contribution is 14.0. The van der Waals surface area contributed by atoms with Crippen LogP contribution in [0.5, 0.6) is 11.5 Å². The Bertz CT molecular complexity index is 1010. The van der Waals surface area contributed by atoms with Gasteiger partial charge in [0, 0.05) is 39.8 Å². The molecule has 31 heavy (non-hydrogen) atoms. The highest BCUT2D eigenvalue weighted by atomic mass is 127. The Morgan fingerprint density at radius 2 is 2.00 bits per heavy atom. The molecule has 0 fully saturated rings. The third-order valence-corrected chi connectivity index (χ3v) is 4.58. The highest BCUT2D eigenvalue weighted by Crippen LogP contribution is 2.31. The van der Waals surface area contributed by atoms with E-state index in [9.17, 15) is 0 Å². The number of guanidine groups is 1. The molecular weight excluding hydrogens is 511 g/mol. The summed E-state index contributed by atoms with van der Waals surface area (Å²) in [6, 6.07) is 11.6. The number of pyridine rings is 1. The van der Waals surface area contributed by atoms with Crippen LogP contribution in [0.3, 0.4) is 0 Å². The Kier molecular flexibility index (Phi) is 8.04.